The molecule has 2 heterocycles. The van der Waals surface area contributed by atoms with E-state index in [1.165, 1.54) is 23.3 Å². The van der Waals surface area contributed by atoms with Gasteiger partial charge in [0.2, 0.25) is 0 Å². The molecular formula is C24H30N4O2S. The number of ether oxygens (including phenoxy) is 2. The normalized spacial score (nSPS) is 16.5. The van der Waals surface area contributed by atoms with Gasteiger partial charge in [0.25, 0.3) is 0 Å². The Morgan fingerprint density at radius 2 is 2.03 bits per heavy atom. The van der Waals surface area contributed by atoms with Crippen LogP contribution in [0.4, 0.5) is 5.82 Å². The van der Waals surface area contributed by atoms with Crippen LogP contribution >= 0.6 is 11.3 Å². The van der Waals surface area contributed by atoms with Gasteiger partial charge in [0.15, 0.2) is 17.3 Å². The maximum atomic E-state index is 5.37. The van der Waals surface area contributed by atoms with E-state index in [0.717, 1.165) is 34.4 Å². The molecule has 4 rings (SSSR count). The Bertz CT molecular complexity index is 1110. The quantitative estimate of drug-likeness (QED) is 0.379. The number of aryl methyl sites for hydroxylation is 1. The standard InChI is InChI=1S/C24H30N4O2S/c1-6-24(2,3)16-8-10-20-17(12-16)21-22(25-14-26-23(21)31-20)28-27-13-15-7-9-18(29-4)19(11-15)30-5/h7,9,11,13-14,16H,6,8,10,12H2,1-5H3,(H,25,26,28)/b27-13+. The van der Waals surface area contributed by atoms with Gasteiger partial charge in [-0.3, -0.25) is 5.43 Å². The van der Waals surface area contributed by atoms with Gasteiger partial charge in [-0.15, -0.1) is 11.3 Å². The zero-order valence-corrected chi connectivity index (χ0v) is 19.7. The lowest BCUT2D eigenvalue weighted by atomic mass is 9.69. The summed E-state index contributed by atoms with van der Waals surface area (Å²) in [6.45, 7) is 7.07. The van der Waals surface area contributed by atoms with Crippen molar-refractivity contribution in [3.05, 3.63) is 40.5 Å². The second kappa shape index (κ2) is 8.83. The molecule has 7 heteroatoms. The first-order valence-corrected chi connectivity index (χ1v) is 11.5. The molecule has 31 heavy (non-hydrogen) atoms. The van der Waals surface area contributed by atoms with Crippen LogP contribution in [0.1, 0.15) is 49.6 Å². The molecule has 0 bridgehead atoms. The van der Waals surface area contributed by atoms with E-state index >= 15 is 0 Å². The Morgan fingerprint density at radius 3 is 2.77 bits per heavy atom. The molecule has 1 aliphatic carbocycles. The number of hydrogen-bond donors (Lipinski definition) is 1. The minimum atomic E-state index is 0.334. The highest BCUT2D eigenvalue weighted by Crippen LogP contribution is 2.45. The first-order valence-electron chi connectivity index (χ1n) is 10.7. The Kier molecular flexibility index (Phi) is 6.14. The molecule has 1 aromatic carbocycles. The lowest BCUT2D eigenvalue weighted by molar-refractivity contribution is 0.184. The van der Waals surface area contributed by atoms with E-state index in [-0.39, 0.29) is 0 Å². The molecule has 0 radical (unpaired) electrons. The lowest BCUT2D eigenvalue weighted by Crippen LogP contribution is -2.28. The topological polar surface area (TPSA) is 68.6 Å². The van der Waals surface area contributed by atoms with Gasteiger partial charge in [0.05, 0.1) is 25.8 Å². The summed E-state index contributed by atoms with van der Waals surface area (Å²) < 4.78 is 10.7. The minimum Gasteiger partial charge on any atom is -0.493 e. The van der Waals surface area contributed by atoms with Crippen LogP contribution in [-0.2, 0) is 12.8 Å². The summed E-state index contributed by atoms with van der Waals surface area (Å²) in [5.41, 5.74) is 5.81. The molecule has 1 atom stereocenters. The van der Waals surface area contributed by atoms with E-state index in [2.05, 4.69) is 41.3 Å². The Hall–Kier alpha value is -2.67. The zero-order valence-electron chi connectivity index (χ0n) is 18.9. The molecule has 2 aromatic heterocycles. The highest BCUT2D eigenvalue weighted by molar-refractivity contribution is 7.19. The fraction of sp³-hybridized carbons (Fsp3) is 0.458. The SMILES string of the molecule is CCC(C)(C)C1CCc2sc3ncnc(N/N=C/c4ccc(OC)c(OC)c4)c3c2C1. The highest BCUT2D eigenvalue weighted by Gasteiger charge is 2.33. The third kappa shape index (κ3) is 4.24. The molecular weight excluding hydrogens is 408 g/mol. The van der Waals surface area contributed by atoms with Gasteiger partial charge in [-0.05, 0) is 59.9 Å². The van der Waals surface area contributed by atoms with E-state index < -0.39 is 0 Å². The van der Waals surface area contributed by atoms with E-state index in [0.29, 0.717) is 22.8 Å². The smallest absolute Gasteiger partial charge is 0.161 e. The van der Waals surface area contributed by atoms with Crippen molar-refractivity contribution in [2.75, 3.05) is 19.6 Å². The molecule has 1 aliphatic rings. The van der Waals surface area contributed by atoms with Crippen LogP contribution in [0.2, 0.25) is 0 Å². The summed E-state index contributed by atoms with van der Waals surface area (Å²) in [6, 6.07) is 5.70. The molecule has 0 aliphatic heterocycles. The van der Waals surface area contributed by atoms with Crippen LogP contribution in [-0.4, -0.2) is 30.4 Å². The third-order valence-corrected chi connectivity index (χ3v) is 7.85. The van der Waals surface area contributed by atoms with E-state index in [4.69, 9.17) is 9.47 Å². The minimum absolute atomic E-state index is 0.334. The number of hydrogen-bond acceptors (Lipinski definition) is 7. The van der Waals surface area contributed by atoms with Crippen molar-refractivity contribution in [2.45, 2.75) is 46.5 Å². The monoisotopic (exact) mass is 438 g/mol. The fourth-order valence-corrected chi connectivity index (χ4v) is 5.43. The Balaban J connectivity index is 1.61. The van der Waals surface area contributed by atoms with Crippen LogP contribution in [0.15, 0.2) is 29.6 Å². The summed E-state index contributed by atoms with van der Waals surface area (Å²) in [6.07, 6.45) is 8.01. The number of nitrogens with zero attached hydrogens (tertiary/aromatic N) is 3. The number of thiophene rings is 1. The van der Waals surface area contributed by atoms with Gasteiger partial charge in [-0.1, -0.05) is 27.2 Å². The number of aromatic nitrogens is 2. The zero-order chi connectivity index (χ0) is 22.0. The second-order valence-electron chi connectivity index (χ2n) is 8.67. The van der Waals surface area contributed by atoms with Crippen molar-refractivity contribution in [3.8, 4) is 11.5 Å². The fourth-order valence-electron chi connectivity index (χ4n) is 4.25. The molecule has 164 valence electrons. The number of benzene rings is 1. The maximum Gasteiger partial charge on any atom is 0.161 e. The van der Waals surface area contributed by atoms with E-state index in [9.17, 15) is 0 Å². The van der Waals surface area contributed by atoms with Crippen LogP contribution in [0.3, 0.4) is 0 Å². The number of rotatable bonds is 7. The first-order chi connectivity index (χ1) is 15.0. The average Bonchev–Trinajstić information content (AvgIpc) is 3.17. The van der Waals surface area contributed by atoms with Crippen molar-refractivity contribution >= 4 is 33.6 Å². The molecule has 1 N–H and O–H groups in total. The van der Waals surface area contributed by atoms with E-state index in [1.54, 1.807) is 38.1 Å². The Labute approximate surface area is 187 Å². The predicted octanol–water partition coefficient (Wildman–Crippen LogP) is 5.70. The summed E-state index contributed by atoms with van der Waals surface area (Å²) in [4.78, 5) is 11.6. The average molecular weight is 439 g/mol. The number of fused-ring (bicyclic) bond motifs is 3. The molecule has 1 unspecified atom stereocenters. The van der Waals surface area contributed by atoms with Gasteiger partial charge < -0.3 is 9.47 Å². The van der Waals surface area contributed by atoms with Crippen molar-refractivity contribution < 1.29 is 9.47 Å². The third-order valence-electron chi connectivity index (χ3n) is 6.65. The second-order valence-corrected chi connectivity index (χ2v) is 9.76. The summed E-state index contributed by atoms with van der Waals surface area (Å²) in [7, 11) is 3.25. The van der Waals surface area contributed by atoms with Gasteiger partial charge in [0, 0.05) is 4.88 Å². The highest BCUT2D eigenvalue weighted by atomic mass is 32.1. The van der Waals surface area contributed by atoms with Crippen LogP contribution < -0.4 is 14.9 Å². The molecule has 3 aromatic rings. The van der Waals surface area contributed by atoms with Crippen molar-refractivity contribution in [3.63, 3.8) is 0 Å². The summed E-state index contributed by atoms with van der Waals surface area (Å²) in [5.74, 6) is 2.81. The van der Waals surface area contributed by atoms with Crippen LogP contribution in [0.25, 0.3) is 10.2 Å². The molecule has 0 saturated carbocycles. The Morgan fingerprint density at radius 1 is 1.23 bits per heavy atom. The van der Waals surface area contributed by atoms with Gasteiger partial charge in [-0.25, -0.2) is 9.97 Å². The predicted molar refractivity (Wildman–Crippen MR) is 128 cm³/mol. The number of anilines is 1. The van der Waals surface area contributed by atoms with E-state index in [1.807, 2.05) is 18.2 Å². The largest absolute Gasteiger partial charge is 0.493 e. The number of hydrazone groups is 1. The van der Waals surface area contributed by atoms with Crippen molar-refractivity contribution in [2.24, 2.45) is 16.4 Å². The van der Waals surface area contributed by atoms with Crippen molar-refractivity contribution in [1.29, 1.82) is 0 Å². The van der Waals surface area contributed by atoms with Gasteiger partial charge >= 0.3 is 0 Å². The maximum absolute atomic E-state index is 5.37. The van der Waals surface area contributed by atoms with Crippen molar-refractivity contribution in [1.82, 2.24) is 9.97 Å². The number of methoxy groups -OCH3 is 2. The summed E-state index contributed by atoms with van der Waals surface area (Å²) in [5, 5.41) is 5.58. The molecule has 0 saturated heterocycles. The van der Waals surface area contributed by atoms with Crippen LogP contribution in [0.5, 0.6) is 11.5 Å². The van der Waals surface area contributed by atoms with Gasteiger partial charge in [-0.2, -0.15) is 5.10 Å². The molecule has 6 nitrogen and oxygen atoms in total. The summed E-state index contributed by atoms with van der Waals surface area (Å²) >= 11 is 1.80. The van der Waals surface area contributed by atoms with Gasteiger partial charge in [0.1, 0.15) is 11.2 Å². The molecule has 0 amide bonds. The molecule has 0 spiro atoms. The number of nitrogens with one attached hydrogen (secondary N) is 1. The lowest BCUT2D eigenvalue weighted by Gasteiger charge is -2.36. The van der Waals surface area contributed by atoms with Crippen LogP contribution in [0, 0.1) is 11.3 Å². The molecule has 0 fully saturated rings. The first kappa shape index (κ1) is 21.6.